The zero-order valence-corrected chi connectivity index (χ0v) is 21.6. The highest BCUT2D eigenvalue weighted by Crippen LogP contribution is 2.28. The molecule has 0 bridgehead atoms. The van der Waals surface area contributed by atoms with E-state index in [0.717, 1.165) is 11.1 Å². The number of hydrogen-bond acceptors (Lipinski definition) is 7. The summed E-state index contributed by atoms with van der Waals surface area (Å²) < 4.78 is 12.8. The molecule has 0 aliphatic carbocycles. The monoisotopic (exact) mass is 517 g/mol. The number of aromatic nitrogens is 3. The molecule has 3 aromatic rings. The van der Waals surface area contributed by atoms with Gasteiger partial charge >= 0.3 is 0 Å². The Hall–Kier alpha value is -3.24. The lowest BCUT2D eigenvalue weighted by molar-refractivity contribution is -0.123. The van der Waals surface area contributed by atoms with Crippen LogP contribution in [-0.2, 0) is 22.7 Å². The molecule has 2 amide bonds. The molecule has 0 radical (unpaired) electrons. The molecule has 0 unspecified atom stereocenters. The molecule has 0 fully saturated rings. The van der Waals surface area contributed by atoms with Crippen molar-refractivity contribution in [3.63, 3.8) is 0 Å². The fraction of sp³-hybridized carbons (Fsp3) is 0.333. The van der Waals surface area contributed by atoms with Crippen LogP contribution in [-0.4, -0.2) is 46.0 Å². The van der Waals surface area contributed by atoms with Gasteiger partial charge in [0.25, 0.3) is 5.91 Å². The molecule has 186 valence electrons. The quantitative estimate of drug-likeness (QED) is 0.370. The first kappa shape index (κ1) is 26.4. The number of ether oxygens (including phenoxy) is 2. The van der Waals surface area contributed by atoms with Crippen LogP contribution >= 0.6 is 23.4 Å². The summed E-state index contributed by atoms with van der Waals surface area (Å²) in [4.78, 5) is 24.8. The van der Waals surface area contributed by atoms with Gasteiger partial charge in [0.1, 0.15) is 11.5 Å². The van der Waals surface area contributed by atoms with E-state index in [4.69, 9.17) is 21.1 Å². The Balaban J connectivity index is 1.53. The molecule has 0 aliphatic heterocycles. The number of benzene rings is 2. The van der Waals surface area contributed by atoms with E-state index in [9.17, 15) is 9.59 Å². The van der Waals surface area contributed by atoms with E-state index in [1.54, 1.807) is 18.2 Å². The van der Waals surface area contributed by atoms with Crippen LogP contribution < -0.4 is 20.1 Å². The van der Waals surface area contributed by atoms with E-state index in [2.05, 4.69) is 20.8 Å². The first-order valence-electron chi connectivity index (χ1n) is 11.0. The number of hydrogen-bond donors (Lipinski definition) is 2. The minimum absolute atomic E-state index is 0.0965. The average molecular weight is 518 g/mol. The summed E-state index contributed by atoms with van der Waals surface area (Å²) >= 11 is 7.27. The van der Waals surface area contributed by atoms with Crippen molar-refractivity contribution in [3.05, 3.63) is 58.4 Å². The fourth-order valence-corrected chi connectivity index (χ4v) is 4.36. The van der Waals surface area contributed by atoms with Crippen molar-refractivity contribution in [2.45, 2.75) is 39.0 Å². The number of amides is 2. The number of methoxy groups -OCH3 is 1. The smallest absolute Gasteiger partial charge is 0.258 e. The summed E-state index contributed by atoms with van der Waals surface area (Å²) in [6.45, 7) is 6.51. The second kappa shape index (κ2) is 12.5. The van der Waals surface area contributed by atoms with Gasteiger partial charge in [-0.15, -0.1) is 10.2 Å². The highest BCUT2D eigenvalue weighted by Gasteiger charge is 2.15. The Morgan fingerprint density at radius 2 is 1.86 bits per heavy atom. The van der Waals surface area contributed by atoms with Crippen LogP contribution in [0, 0.1) is 13.8 Å². The van der Waals surface area contributed by atoms with Gasteiger partial charge in [0.05, 0.1) is 25.1 Å². The Morgan fingerprint density at radius 3 is 2.54 bits per heavy atom. The van der Waals surface area contributed by atoms with Crippen molar-refractivity contribution >= 4 is 40.9 Å². The lowest BCUT2D eigenvalue weighted by Crippen LogP contribution is -2.29. The molecule has 11 heteroatoms. The molecular formula is C24H28ClN5O4S. The Bertz CT molecular complexity index is 1180. The van der Waals surface area contributed by atoms with Crippen molar-refractivity contribution in [2.75, 3.05) is 24.8 Å². The molecule has 3 rings (SSSR count). The third-order valence-corrected chi connectivity index (χ3v) is 6.28. The number of halogens is 1. The van der Waals surface area contributed by atoms with Gasteiger partial charge < -0.3 is 24.7 Å². The molecule has 2 N–H and O–H groups in total. The van der Waals surface area contributed by atoms with Crippen molar-refractivity contribution in [2.24, 2.45) is 0 Å². The second-order valence-electron chi connectivity index (χ2n) is 7.61. The van der Waals surface area contributed by atoms with Crippen LogP contribution in [0.2, 0.25) is 5.02 Å². The van der Waals surface area contributed by atoms with Crippen LogP contribution in [0.3, 0.4) is 0 Å². The lowest BCUT2D eigenvalue weighted by Gasteiger charge is -2.12. The lowest BCUT2D eigenvalue weighted by atomic mass is 10.1. The number of nitrogens with one attached hydrogen (secondary N) is 2. The molecule has 1 heterocycles. The molecule has 0 atom stereocenters. The number of rotatable bonds is 11. The molecular weight excluding hydrogens is 490 g/mol. The summed E-state index contributed by atoms with van der Waals surface area (Å²) in [6, 6.07) is 10.8. The summed E-state index contributed by atoms with van der Waals surface area (Å²) in [7, 11) is 1.52. The third kappa shape index (κ3) is 7.12. The van der Waals surface area contributed by atoms with Gasteiger partial charge in [0, 0.05) is 11.6 Å². The average Bonchev–Trinajstić information content (AvgIpc) is 3.23. The maximum atomic E-state index is 12.5. The van der Waals surface area contributed by atoms with Crippen LogP contribution in [0.1, 0.15) is 23.9 Å². The molecule has 0 spiro atoms. The molecule has 2 aromatic carbocycles. The van der Waals surface area contributed by atoms with Gasteiger partial charge in [-0.3, -0.25) is 9.59 Å². The van der Waals surface area contributed by atoms with Crippen LogP contribution in [0.5, 0.6) is 11.5 Å². The zero-order chi connectivity index (χ0) is 25.4. The van der Waals surface area contributed by atoms with Gasteiger partial charge in [0.2, 0.25) is 5.91 Å². The fourth-order valence-electron chi connectivity index (χ4n) is 3.36. The highest BCUT2D eigenvalue weighted by atomic mass is 35.5. The van der Waals surface area contributed by atoms with E-state index < -0.39 is 0 Å². The van der Waals surface area contributed by atoms with E-state index in [-0.39, 0.29) is 30.7 Å². The standard InChI is InChI=1S/C24H28ClN5O4S/c1-5-30-20(12-26-21(31)13-34-23-15(2)7-6-8-16(23)3)28-29-24(30)35-14-22(32)27-18-11-17(25)9-10-19(18)33-4/h6-11H,5,12-14H2,1-4H3,(H,26,31)(H,27,32). The summed E-state index contributed by atoms with van der Waals surface area (Å²) in [5.74, 6) is 1.44. The van der Waals surface area contributed by atoms with Crippen LogP contribution in [0.15, 0.2) is 41.6 Å². The number of anilines is 1. The highest BCUT2D eigenvalue weighted by molar-refractivity contribution is 7.99. The topological polar surface area (TPSA) is 107 Å². The van der Waals surface area contributed by atoms with Crippen molar-refractivity contribution in [1.29, 1.82) is 0 Å². The predicted octanol–water partition coefficient (Wildman–Crippen LogP) is 4.00. The van der Waals surface area contributed by atoms with E-state index in [1.807, 2.05) is 43.5 Å². The first-order valence-corrected chi connectivity index (χ1v) is 12.3. The van der Waals surface area contributed by atoms with Gasteiger partial charge in [-0.25, -0.2) is 0 Å². The van der Waals surface area contributed by atoms with Gasteiger partial charge in [-0.1, -0.05) is 41.6 Å². The maximum Gasteiger partial charge on any atom is 0.258 e. The normalized spacial score (nSPS) is 10.7. The SMILES string of the molecule is CCn1c(CNC(=O)COc2c(C)cccc2C)nnc1SCC(=O)Nc1cc(Cl)ccc1OC. The molecule has 35 heavy (non-hydrogen) atoms. The summed E-state index contributed by atoms with van der Waals surface area (Å²) in [6.07, 6.45) is 0. The van der Waals surface area contributed by atoms with Crippen molar-refractivity contribution in [1.82, 2.24) is 20.1 Å². The molecule has 0 saturated heterocycles. The summed E-state index contributed by atoms with van der Waals surface area (Å²) in [5.41, 5.74) is 2.44. The molecule has 1 aromatic heterocycles. The molecule has 0 saturated carbocycles. The number of thioether (sulfide) groups is 1. The Labute approximate surface area is 213 Å². The first-order chi connectivity index (χ1) is 16.8. The van der Waals surface area contributed by atoms with Gasteiger partial charge in [-0.05, 0) is 50.1 Å². The van der Waals surface area contributed by atoms with Gasteiger partial charge in [0.15, 0.2) is 17.6 Å². The van der Waals surface area contributed by atoms with Gasteiger partial charge in [-0.2, -0.15) is 0 Å². The van der Waals surface area contributed by atoms with Crippen molar-refractivity contribution < 1.29 is 19.1 Å². The third-order valence-electron chi connectivity index (χ3n) is 5.08. The zero-order valence-electron chi connectivity index (χ0n) is 20.1. The van der Waals surface area contributed by atoms with E-state index in [1.165, 1.54) is 18.9 Å². The van der Waals surface area contributed by atoms with Crippen LogP contribution in [0.25, 0.3) is 0 Å². The Kier molecular flexibility index (Phi) is 9.39. The molecule has 9 nitrogen and oxygen atoms in total. The Morgan fingerprint density at radius 1 is 1.11 bits per heavy atom. The number of nitrogens with zero attached hydrogens (tertiary/aromatic N) is 3. The van der Waals surface area contributed by atoms with E-state index >= 15 is 0 Å². The minimum atomic E-state index is -0.262. The van der Waals surface area contributed by atoms with E-state index in [0.29, 0.717) is 39.7 Å². The number of aryl methyl sites for hydroxylation is 2. The predicted molar refractivity (Wildman–Crippen MR) is 136 cm³/mol. The second-order valence-corrected chi connectivity index (χ2v) is 8.99. The van der Waals surface area contributed by atoms with Crippen LogP contribution in [0.4, 0.5) is 5.69 Å². The number of carbonyl (C=O) groups excluding carboxylic acids is 2. The summed E-state index contributed by atoms with van der Waals surface area (Å²) in [5, 5.41) is 15.0. The minimum Gasteiger partial charge on any atom is -0.495 e. The molecule has 0 aliphatic rings. The largest absolute Gasteiger partial charge is 0.495 e. The maximum absolute atomic E-state index is 12.5. The number of carbonyl (C=O) groups is 2. The number of para-hydroxylation sites is 1. The van der Waals surface area contributed by atoms with Crippen molar-refractivity contribution in [3.8, 4) is 11.5 Å².